The van der Waals surface area contributed by atoms with Crippen LogP contribution >= 0.6 is 0 Å². The Kier molecular flexibility index (Phi) is 5.56. The number of hydrogen-bond acceptors (Lipinski definition) is 4. The van der Waals surface area contributed by atoms with Crippen molar-refractivity contribution in [2.45, 2.75) is 44.3 Å². The van der Waals surface area contributed by atoms with Gasteiger partial charge in [-0.25, -0.2) is 0 Å². The summed E-state index contributed by atoms with van der Waals surface area (Å²) in [5, 5.41) is 3.20. The van der Waals surface area contributed by atoms with Crippen LogP contribution in [0.3, 0.4) is 0 Å². The highest BCUT2D eigenvalue weighted by Gasteiger charge is 2.49. The van der Waals surface area contributed by atoms with Crippen LogP contribution in [0.2, 0.25) is 0 Å². The minimum Gasteiger partial charge on any atom is -0.347 e. The summed E-state index contributed by atoms with van der Waals surface area (Å²) in [5.41, 5.74) is 1.86. The molecule has 2 N–H and O–H groups in total. The number of likely N-dealkylation sites (tertiary alicyclic amines) is 2. The Labute approximate surface area is 171 Å². The van der Waals surface area contributed by atoms with E-state index in [0.29, 0.717) is 0 Å². The molecule has 2 unspecified atom stereocenters. The minimum absolute atomic E-state index is 0.0410. The predicted molar refractivity (Wildman–Crippen MR) is 114 cm³/mol. The Balaban J connectivity index is 1.51. The van der Waals surface area contributed by atoms with Gasteiger partial charge < -0.3 is 10.3 Å². The van der Waals surface area contributed by atoms with Crippen molar-refractivity contribution >= 4 is 5.91 Å². The second-order valence-corrected chi connectivity index (χ2v) is 8.52. The number of nitrogens with zero attached hydrogens (tertiary/aromatic N) is 2. The van der Waals surface area contributed by atoms with Gasteiger partial charge in [0.05, 0.1) is 5.54 Å². The van der Waals surface area contributed by atoms with Crippen LogP contribution in [0.5, 0.6) is 0 Å². The first-order valence-corrected chi connectivity index (χ1v) is 10.5. The molecule has 1 aromatic heterocycles. The number of piperidine rings is 1. The van der Waals surface area contributed by atoms with Crippen LogP contribution in [-0.2, 0) is 6.54 Å². The van der Waals surface area contributed by atoms with Crippen molar-refractivity contribution in [3.8, 4) is 0 Å². The number of amides is 1. The number of rotatable bonds is 4. The molecule has 2 aliphatic heterocycles. The van der Waals surface area contributed by atoms with Crippen LogP contribution in [-0.4, -0.2) is 59.0 Å². The summed E-state index contributed by atoms with van der Waals surface area (Å²) in [6.45, 7) is 5.69. The van der Waals surface area contributed by atoms with E-state index in [-0.39, 0.29) is 28.6 Å². The third kappa shape index (κ3) is 4.00. The van der Waals surface area contributed by atoms with Crippen molar-refractivity contribution in [1.29, 1.82) is 0 Å². The van der Waals surface area contributed by atoms with E-state index in [1.165, 1.54) is 5.56 Å². The number of likely N-dealkylation sites (N-methyl/N-ethyl adjacent to an activating group) is 1. The zero-order valence-corrected chi connectivity index (χ0v) is 17.3. The average molecular weight is 395 g/mol. The fourth-order valence-electron chi connectivity index (χ4n) is 5.00. The third-order valence-electron chi connectivity index (χ3n) is 6.60. The maximum atomic E-state index is 12.9. The van der Waals surface area contributed by atoms with Gasteiger partial charge in [0.15, 0.2) is 0 Å². The minimum atomic E-state index is -0.322. The van der Waals surface area contributed by atoms with Gasteiger partial charge in [0.2, 0.25) is 0 Å². The lowest BCUT2D eigenvalue weighted by atomic mass is 9.82. The summed E-state index contributed by atoms with van der Waals surface area (Å²) < 4.78 is 0. The zero-order chi connectivity index (χ0) is 20.4. The summed E-state index contributed by atoms with van der Waals surface area (Å²) in [6, 6.07) is 14.0. The number of carbonyl (C=O) groups is 1. The maximum absolute atomic E-state index is 12.9. The Hall–Kier alpha value is -2.44. The highest BCUT2D eigenvalue weighted by Crippen LogP contribution is 2.37. The van der Waals surface area contributed by atoms with E-state index in [1.54, 1.807) is 12.1 Å². The molecule has 4 rings (SSSR count). The van der Waals surface area contributed by atoms with Crippen LogP contribution in [0, 0.1) is 6.92 Å². The van der Waals surface area contributed by atoms with E-state index < -0.39 is 0 Å². The van der Waals surface area contributed by atoms with E-state index in [4.69, 9.17) is 0 Å². The summed E-state index contributed by atoms with van der Waals surface area (Å²) in [7, 11) is 2.16. The second-order valence-electron chi connectivity index (χ2n) is 8.52. The van der Waals surface area contributed by atoms with E-state index in [2.05, 4.69) is 51.4 Å². The number of aromatic nitrogens is 1. The lowest BCUT2D eigenvalue weighted by Gasteiger charge is -2.48. The van der Waals surface area contributed by atoms with Gasteiger partial charge in [-0.15, -0.1) is 0 Å². The fraction of sp³-hybridized carbons (Fsp3) is 0.478. The van der Waals surface area contributed by atoms with Gasteiger partial charge in [-0.05, 0) is 57.5 Å². The van der Waals surface area contributed by atoms with E-state index >= 15 is 0 Å². The molecule has 0 bridgehead atoms. The van der Waals surface area contributed by atoms with Gasteiger partial charge in [0.1, 0.15) is 5.56 Å². The molecule has 1 spiro atoms. The highest BCUT2D eigenvalue weighted by molar-refractivity contribution is 5.94. The molecule has 154 valence electrons. The van der Waals surface area contributed by atoms with Gasteiger partial charge in [-0.3, -0.25) is 19.4 Å². The second kappa shape index (κ2) is 8.13. The van der Waals surface area contributed by atoms with Crippen LogP contribution < -0.4 is 10.9 Å². The topological polar surface area (TPSA) is 68.4 Å². The van der Waals surface area contributed by atoms with Crippen LogP contribution in [0.25, 0.3) is 0 Å². The zero-order valence-electron chi connectivity index (χ0n) is 17.3. The molecule has 2 aromatic rings. The molecule has 29 heavy (non-hydrogen) atoms. The van der Waals surface area contributed by atoms with Gasteiger partial charge in [0.25, 0.3) is 11.5 Å². The standard InChI is InChI=1S/C23H30N4O2/c1-17-9-10-19(21(28)24-17)22(29)25-20-11-14-26(2)23(20)12-6-13-27(16-23)15-18-7-4-3-5-8-18/h3-5,7-10,20H,6,11-16H2,1-2H3,(H,24,28)(H,25,29). The quantitative estimate of drug-likeness (QED) is 0.834. The molecule has 0 aliphatic carbocycles. The molecule has 1 aromatic carbocycles. The van der Waals surface area contributed by atoms with E-state index in [0.717, 1.165) is 51.1 Å². The summed E-state index contributed by atoms with van der Waals surface area (Å²) >= 11 is 0. The first-order chi connectivity index (χ1) is 14.0. The van der Waals surface area contributed by atoms with Crippen molar-refractivity contribution in [2.24, 2.45) is 0 Å². The number of hydrogen-bond donors (Lipinski definition) is 2. The van der Waals surface area contributed by atoms with Crippen molar-refractivity contribution < 1.29 is 4.79 Å². The molecule has 0 saturated carbocycles. The molecular weight excluding hydrogens is 364 g/mol. The molecule has 6 heteroatoms. The normalized spacial score (nSPS) is 25.4. The Morgan fingerprint density at radius 2 is 2.00 bits per heavy atom. The van der Waals surface area contributed by atoms with Gasteiger partial charge in [-0.2, -0.15) is 0 Å². The van der Waals surface area contributed by atoms with Crippen molar-refractivity contribution in [3.05, 3.63) is 69.6 Å². The molecule has 3 heterocycles. The Morgan fingerprint density at radius 3 is 2.76 bits per heavy atom. The van der Waals surface area contributed by atoms with E-state index in [1.807, 2.05) is 13.0 Å². The lowest BCUT2D eigenvalue weighted by molar-refractivity contribution is 0.0353. The fourth-order valence-corrected chi connectivity index (χ4v) is 5.00. The number of aryl methyl sites for hydroxylation is 1. The van der Waals surface area contributed by atoms with Gasteiger partial charge in [0, 0.05) is 31.4 Å². The van der Waals surface area contributed by atoms with Crippen LogP contribution in [0.4, 0.5) is 0 Å². The molecule has 1 amide bonds. The number of pyridine rings is 1. The summed E-state index contributed by atoms with van der Waals surface area (Å²) in [4.78, 5) is 32.7. The van der Waals surface area contributed by atoms with E-state index in [9.17, 15) is 9.59 Å². The van der Waals surface area contributed by atoms with Crippen LogP contribution in [0.1, 0.15) is 40.9 Å². The number of carbonyl (C=O) groups excluding carboxylic acids is 1. The molecule has 2 aliphatic rings. The molecular formula is C23H30N4O2. The monoisotopic (exact) mass is 394 g/mol. The first-order valence-electron chi connectivity index (χ1n) is 10.5. The number of nitrogens with one attached hydrogen (secondary N) is 2. The largest absolute Gasteiger partial charge is 0.347 e. The lowest BCUT2D eigenvalue weighted by Crippen LogP contribution is -2.63. The number of H-pyrrole nitrogens is 1. The van der Waals surface area contributed by atoms with Gasteiger partial charge >= 0.3 is 0 Å². The molecule has 2 atom stereocenters. The number of benzene rings is 1. The van der Waals surface area contributed by atoms with Crippen LogP contribution in [0.15, 0.2) is 47.3 Å². The SMILES string of the molecule is Cc1ccc(C(=O)NC2CCN(C)C23CCCN(Cc2ccccc2)C3)c(=O)[nH]1. The predicted octanol–water partition coefficient (Wildman–Crippen LogP) is 2.15. The molecule has 6 nitrogen and oxygen atoms in total. The third-order valence-corrected chi connectivity index (χ3v) is 6.60. The molecule has 2 fully saturated rings. The first kappa shape index (κ1) is 19.9. The number of aromatic amines is 1. The summed E-state index contributed by atoms with van der Waals surface area (Å²) in [6.07, 6.45) is 3.07. The smallest absolute Gasteiger partial charge is 0.260 e. The maximum Gasteiger partial charge on any atom is 0.260 e. The van der Waals surface area contributed by atoms with Crippen molar-refractivity contribution in [1.82, 2.24) is 20.1 Å². The average Bonchev–Trinajstić information content (AvgIpc) is 2.98. The highest BCUT2D eigenvalue weighted by atomic mass is 16.2. The Morgan fingerprint density at radius 1 is 1.21 bits per heavy atom. The summed E-state index contributed by atoms with van der Waals surface area (Å²) in [5.74, 6) is -0.272. The Bertz CT molecular complexity index is 926. The molecule has 0 radical (unpaired) electrons. The van der Waals surface area contributed by atoms with Gasteiger partial charge in [-0.1, -0.05) is 30.3 Å². The van der Waals surface area contributed by atoms with Crippen molar-refractivity contribution in [2.75, 3.05) is 26.7 Å². The molecule has 2 saturated heterocycles. The van der Waals surface area contributed by atoms with Crippen molar-refractivity contribution in [3.63, 3.8) is 0 Å².